The van der Waals surface area contributed by atoms with Crippen molar-refractivity contribution in [1.29, 1.82) is 0 Å². The number of anilines is 2. The summed E-state index contributed by atoms with van der Waals surface area (Å²) in [5.74, 6) is 3.70. The number of H-pyrrole nitrogens is 1. The van der Waals surface area contributed by atoms with E-state index in [1.165, 1.54) is 20.4 Å². The van der Waals surface area contributed by atoms with Gasteiger partial charge in [-0.15, -0.1) is 6.42 Å². The summed E-state index contributed by atoms with van der Waals surface area (Å²) < 4.78 is 10.7. The van der Waals surface area contributed by atoms with Crippen LogP contribution < -0.4 is 25.0 Å². The maximum absolute atomic E-state index is 13.0. The molecule has 0 aliphatic carbocycles. The van der Waals surface area contributed by atoms with Gasteiger partial charge >= 0.3 is 0 Å². The SMILES string of the molecule is C#C[C@@H]1CN(c2ccc(C(=O)Nc3n[nH]c4nc(-c5c(Cl)c(OC)cc(OC)c5Cl)ncc34)cc2)C[C@H](C)N1. The van der Waals surface area contributed by atoms with E-state index < -0.39 is 0 Å². The fourth-order valence-electron chi connectivity index (χ4n) is 4.50. The average molecular weight is 566 g/mol. The molecule has 4 aromatic rings. The Morgan fingerprint density at radius 2 is 1.85 bits per heavy atom. The van der Waals surface area contributed by atoms with Crippen LogP contribution in [0.1, 0.15) is 17.3 Å². The molecule has 2 aromatic heterocycles. The normalized spacial score (nSPS) is 17.1. The van der Waals surface area contributed by atoms with Crippen LogP contribution >= 0.6 is 23.2 Å². The molecule has 3 N–H and O–H groups in total. The Labute approximate surface area is 235 Å². The van der Waals surface area contributed by atoms with Gasteiger partial charge in [-0.1, -0.05) is 29.1 Å². The van der Waals surface area contributed by atoms with Crippen LogP contribution in [0.5, 0.6) is 11.5 Å². The maximum atomic E-state index is 13.0. The molecule has 0 unspecified atom stereocenters. The van der Waals surface area contributed by atoms with Crippen LogP contribution in [0.2, 0.25) is 10.0 Å². The molecule has 2 aromatic carbocycles. The summed E-state index contributed by atoms with van der Waals surface area (Å²) in [7, 11) is 2.97. The first-order valence-electron chi connectivity index (χ1n) is 12.0. The lowest BCUT2D eigenvalue weighted by atomic mass is 10.1. The minimum absolute atomic E-state index is 0.0228. The highest BCUT2D eigenvalue weighted by Gasteiger charge is 2.24. The fourth-order valence-corrected chi connectivity index (χ4v) is 5.17. The molecule has 0 radical (unpaired) electrons. The van der Waals surface area contributed by atoms with Crippen LogP contribution in [0.4, 0.5) is 11.5 Å². The summed E-state index contributed by atoms with van der Waals surface area (Å²) in [6.45, 7) is 3.62. The lowest BCUT2D eigenvalue weighted by molar-refractivity contribution is 0.102. The Bertz CT molecular complexity index is 1560. The zero-order valence-electron chi connectivity index (χ0n) is 21.4. The standard InChI is InChI=1S/C27H25Cl2N7O3/c1-5-16-13-36(12-14(2)31-16)17-8-6-15(7-9-17)27(37)33-25-18-11-30-26(32-24(18)34-35-25)21-22(28)19(38-3)10-20(39-4)23(21)29/h1,6-11,14,16,31H,12-13H2,2-4H3,(H2,30,32,33,34,35,37)/t14-,16+/m0/s1. The molecule has 5 rings (SSSR count). The second-order valence-electron chi connectivity index (χ2n) is 9.01. The van der Waals surface area contributed by atoms with Crippen LogP contribution in [0.15, 0.2) is 36.5 Å². The van der Waals surface area contributed by atoms with E-state index in [-0.39, 0.29) is 33.9 Å². The molecule has 1 aliphatic heterocycles. The molecule has 2 atom stereocenters. The van der Waals surface area contributed by atoms with Crippen LogP contribution in [0.3, 0.4) is 0 Å². The number of carbonyl (C=O) groups is 1. The van der Waals surface area contributed by atoms with Gasteiger partial charge in [0.15, 0.2) is 17.3 Å². The lowest BCUT2D eigenvalue weighted by Crippen LogP contribution is -2.55. The zero-order valence-corrected chi connectivity index (χ0v) is 22.9. The van der Waals surface area contributed by atoms with Crippen molar-refractivity contribution in [3.05, 3.63) is 52.1 Å². The van der Waals surface area contributed by atoms with Crippen LogP contribution in [-0.2, 0) is 0 Å². The number of benzene rings is 2. The van der Waals surface area contributed by atoms with Crippen molar-refractivity contribution in [3.8, 4) is 35.2 Å². The molecule has 1 saturated heterocycles. The molecule has 3 heterocycles. The van der Waals surface area contributed by atoms with E-state index in [4.69, 9.17) is 39.1 Å². The lowest BCUT2D eigenvalue weighted by Gasteiger charge is -2.37. The molecule has 0 bridgehead atoms. The molecule has 39 heavy (non-hydrogen) atoms. The first-order chi connectivity index (χ1) is 18.8. The minimum atomic E-state index is -0.321. The van der Waals surface area contributed by atoms with Crippen molar-refractivity contribution in [2.24, 2.45) is 0 Å². The minimum Gasteiger partial charge on any atom is -0.495 e. The quantitative estimate of drug-likeness (QED) is 0.294. The number of fused-ring (bicyclic) bond motifs is 1. The Morgan fingerprint density at radius 1 is 1.15 bits per heavy atom. The Morgan fingerprint density at radius 3 is 2.49 bits per heavy atom. The third-order valence-electron chi connectivity index (χ3n) is 6.43. The van der Waals surface area contributed by atoms with Gasteiger partial charge in [0.25, 0.3) is 5.91 Å². The molecule has 1 fully saturated rings. The smallest absolute Gasteiger partial charge is 0.256 e. The van der Waals surface area contributed by atoms with E-state index >= 15 is 0 Å². The van der Waals surface area contributed by atoms with E-state index in [9.17, 15) is 4.79 Å². The number of methoxy groups -OCH3 is 2. The number of carbonyl (C=O) groups excluding carboxylic acids is 1. The molecule has 12 heteroatoms. The third kappa shape index (κ3) is 5.16. The topological polar surface area (TPSA) is 117 Å². The molecule has 0 saturated carbocycles. The highest BCUT2D eigenvalue weighted by Crippen LogP contribution is 2.45. The number of amides is 1. The number of hydrogen-bond donors (Lipinski definition) is 3. The summed E-state index contributed by atoms with van der Waals surface area (Å²) >= 11 is 13.0. The van der Waals surface area contributed by atoms with Gasteiger partial charge in [0.2, 0.25) is 0 Å². The van der Waals surface area contributed by atoms with Crippen molar-refractivity contribution < 1.29 is 14.3 Å². The number of nitrogens with one attached hydrogen (secondary N) is 3. The van der Waals surface area contributed by atoms with E-state index in [1.807, 2.05) is 12.1 Å². The second-order valence-corrected chi connectivity index (χ2v) is 9.76. The van der Waals surface area contributed by atoms with Gasteiger partial charge in [-0.2, -0.15) is 5.10 Å². The van der Waals surface area contributed by atoms with Crippen molar-refractivity contribution in [2.45, 2.75) is 19.0 Å². The van der Waals surface area contributed by atoms with Crippen LogP contribution in [-0.4, -0.2) is 65.5 Å². The first kappa shape index (κ1) is 26.6. The van der Waals surface area contributed by atoms with E-state index in [0.29, 0.717) is 46.0 Å². The number of rotatable bonds is 6. The molecule has 200 valence electrons. The number of ether oxygens (including phenoxy) is 2. The van der Waals surface area contributed by atoms with Gasteiger partial charge in [0.1, 0.15) is 11.5 Å². The van der Waals surface area contributed by atoms with Crippen molar-refractivity contribution in [1.82, 2.24) is 25.5 Å². The first-order valence-corrected chi connectivity index (χ1v) is 12.8. The predicted octanol–water partition coefficient (Wildman–Crippen LogP) is 4.40. The van der Waals surface area contributed by atoms with Gasteiger partial charge in [0.05, 0.1) is 41.3 Å². The summed E-state index contributed by atoms with van der Waals surface area (Å²) in [5, 5.41) is 14.2. The van der Waals surface area contributed by atoms with Crippen LogP contribution in [0, 0.1) is 12.3 Å². The third-order valence-corrected chi connectivity index (χ3v) is 7.18. The van der Waals surface area contributed by atoms with E-state index in [2.05, 4.69) is 48.5 Å². The Kier molecular flexibility index (Phi) is 7.48. The Hall–Kier alpha value is -4.04. The summed E-state index contributed by atoms with van der Waals surface area (Å²) in [6.07, 6.45) is 7.15. The maximum Gasteiger partial charge on any atom is 0.256 e. The number of terminal acetylenes is 1. The predicted molar refractivity (Wildman–Crippen MR) is 152 cm³/mol. The molecule has 1 aliphatic rings. The highest BCUT2D eigenvalue weighted by molar-refractivity contribution is 6.41. The van der Waals surface area contributed by atoms with Gasteiger partial charge in [0, 0.05) is 42.6 Å². The number of hydrogen-bond acceptors (Lipinski definition) is 8. The summed E-state index contributed by atoms with van der Waals surface area (Å²) in [6, 6.07) is 9.18. The number of aromatic amines is 1. The highest BCUT2D eigenvalue weighted by atomic mass is 35.5. The van der Waals surface area contributed by atoms with Gasteiger partial charge in [-0.25, -0.2) is 9.97 Å². The largest absolute Gasteiger partial charge is 0.495 e. The van der Waals surface area contributed by atoms with Crippen LogP contribution in [0.25, 0.3) is 22.4 Å². The van der Waals surface area contributed by atoms with Crippen molar-refractivity contribution in [3.63, 3.8) is 0 Å². The number of piperazine rings is 1. The number of nitrogens with zero attached hydrogens (tertiary/aromatic N) is 4. The van der Waals surface area contributed by atoms with E-state index in [0.717, 1.165) is 12.2 Å². The van der Waals surface area contributed by atoms with Gasteiger partial charge in [-0.3, -0.25) is 15.2 Å². The van der Waals surface area contributed by atoms with Crippen molar-refractivity contribution >= 4 is 51.6 Å². The summed E-state index contributed by atoms with van der Waals surface area (Å²) in [5.41, 5.74) is 2.21. The second kappa shape index (κ2) is 11.0. The van der Waals surface area contributed by atoms with E-state index in [1.54, 1.807) is 18.2 Å². The molecular formula is C27H25Cl2N7O3. The number of aromatic nitrogens is 4. The molecule has 1 amide bonds. The van der Waals surface area contributed by atoms with Gasteiger partial charge in [-0.05, 0) is 31.2 Å². The average Bonchev–Trinajstić information content (AvgIpc) is 3.34. The van der Waals surface area contributed by atoms with Crippen molar-refractivity contribution in [2.75, 3.05) is 37.5 Å². The Balaban J connectivity index is 1.36. The number of halogens is 2. The molecule has 0 spiro atoms. The fraction of sp³-hybridized carbons (Fsp3) is 0.259. The van der Waals surface area contributed by atoms with Gasteiger partial charge < -0.3 is 19.7 Å². The molecular weight excluding hydrogens is 541 g/mol. The summed E-state index contributed by atoms with van der Waals surface area (Å²) in [4.78, 5) is 24.1. The zero-order chi connectivity index (χ0) is 27.7. The monoisotopic (exact) mass is 565 g/mol. The molecule has 10 nitrogen and oxygen atoms in total.